The molecule has 0 radical (unpaired) electrons. The maximum Gasteiger partial charge on any atom is 0.272 e. The number of ether oxygens (including phenoxy) is 1. The standard InChI is InChI=1S/C22H21N3O3/c1-14(2)22(3,27)25-21(26)20-10-6-16-12-18(9-11-19(16)24-20)28-17-7-4-15(13-23)5-8-17/h4-12,14,27H,1-3H3,(H,25,26)/t22-/m1/s1. The van der Waals surface area contributed by atoms with Gasteiger partial charge < -0.3 is 15.2 Å². The Hall–Kier alpha value is -3.43. The van der Waals surface area contributed by atoms with Crippen molar-refractivity contribution in [2.24, 2.45) is 5.92 Å². The number of hydrogen-bond donors (Lipinski definition) is 2. The van der Waals surface area contributed by atoms with Gasteiger partial charge in [-0.3, -0.25) is 4.79 Å². The minimum atomic E-state index is -1.31. The number of carbonyl (C=O) groups excluding carboxylic acids is 1. The second kappa shape index (κ2) is 7.67. The molecule has 2 aromatic carbocycles. The van der Waals surface area contributed by atoms with E-state index >= 15 is 0 Å². The van der Waals surface area contributed by atoms with Gasteiger partial charge in [0.05, 0.1) is 17.1 Å². The first-order chi connectivity index (χ1) is 13.3. The van der Waals surface area contributed by atoms with Gasteiger partial charge in [-0.2, -0.15) is 5.26 Å². The molecule has 3 rings (SSSR count). The lowest BCUT2D eigenvalue weighted by Crippen LogP contribution is -2.50. The Balaban J connectivity index is 1.80. The lowest BCUT2D eigenvalue weighted by Gasteiger charge is -2.28. The van der Waals surface area contributed by atoms with Crippen LogP contribution in [0, 0.1) is 17.2 Å². The summed E-state index contributed by atoms with van der Waals surface area (Å²) in [7, 11) is 0. The van der Waals surface area contributed by atoms with Gasteiger partial charge in [-0.1, -0.05) is 19.9 Å². The molecule has 1 heterocycles. The van der Waals surface area contributed by atoms with Crippen LogP contribution in [0.25, 0.3) is 10.9 Å². The average Bonchev–Trinajstić information content (AvgIpc) is 2.67. The van der Waals surface area contributed by atoms with Gasteiger partial charge in [-0.05, 0) is 55.5 Å². The van der Waals surface area contributed by atoms with E-state index in [1.54, 1.807) is 55.5 Å². The molecule has 142 valence electrons. The molecule has 0 aliphatic heterocycles. The number of carbonyl (C=O) groups is 1. The van der Waals surface area contributed by atoms with E-state index in [1.807, 2.05) is 19.9 Å². The number of aliphatic hydroxyl groups is 1. The molecule has 0 saturated carbocycles. The number of pyridine rings is 1. The third-order valence-corrected chi connectivity index (χ3v) is 4.60. The maximum absolute atomic E-state index is 12.4. The predicted octanol–water partition coefficient (Wildman–Crippen LogP) is 3.99. The summed E-state index contributed by atoms with van der Waals surface area (Å²) in [6, 6.07) is 17.7. The molecule has 28 heavy (non-hydrogen) atoms. The average molecular weight is 375 g/mol. The van der Waals surface area contributed by atoms with Crippen molar-refractivity contribution < 1.29 is 14.6 Å². The summed E-state index contributed by atoms with van der Waals surface area (Å²) in [6.45, 7) is 5.20. The minimum absolute atomic E-state index is 0.140. The fourth-order valence-electron chi connectivity index (χ4n) is 2.47. The molecule has 2 N–H and O–H groups in total. The zero-order chi connectivity index (χ0) is 20.3. The highest BCUT2D eigenvalue weighted by molar-refractivity contribution is 5.95. The summed E-state index contributed by atoms with van der Waals surface area (Å²) in [4.78, 5) is 16.8. The van der Waals surface area contributed by atoms with Crippen LogP contribution in [0.2, 0.25) is 0 Å². The van der Waals surface area contributed by atoms with Crippen LogP contribution in [0.15, 0.2) is 54.6 Å². The third-order valence-electron chi connectivity index (χ3n) is 4.60. The highest BCUT2D eigenvalue weighted by Gasteiger charge is 2.27. The molecule has 1 atom stereocenters. The summed E-state index contributed by atoms with van der Waals surface area (Å²) in [5.74, 6) is 0.675. The van der Waals surface area contributed by atoms with Crippen molar-refractivity contribution in [3.8, 4) is 17.6 Å². The molecular weight excluding hydrogens is 354 g/mol. The third kappa shape index (κ3) is 4.27. The second-order valence-corrected chi connectivity index (χ2v) is 7.05. The summed E-state index contributed by atoms with van der Waals surface area (Å²) < 4.78 is 5.81. The molecular formula is C22H21N3O3. The Bertz CT molecular complexity index is 1050. The lowest BCUT2D eigenvalue weighted by molar-refractivity contribution is -0.0145. The molecule has 0 spiro atoms. The zero-order valence-corrected chi connectivity index (χ0v) is 15.9. The van der Waals surface area contributed by atoms with Crippen molar-refractivity contribution in [2.75, 3.05) is 0 Å². The number of benzene rings is 2. The second-order valence-electron chi connectivity index (χ2n) is 7.05. The van der Waals surface area contributed by atoms with Gasteiger partial charge in [0.1, 0.15) is 22.9 Å². The molecule has 0 unspecified atom stereocenters. The molecule has 0 bridgehead atoms. The molecule has 6 heteroatoms. The quantitative estimate of drug-likeness (QED) is 0.658. The van der Waals surface area contributed by atoms with Crippen LogP contribution in [-0.4, -0.2) is 21.7 Å². The molecule has 1 amide bonds. The summed E-state index contributed by atoms with van der Waals surface area (Å²) in [6.07, 6.45) is 0. The first-order valence-corrected chi connectivity index (χ1v) is 8.92. The Labute approximate surface area is 163 Å². The van der Waals surface area contributed by atoms with Crippen LogP contribution >= 0.6 is 0 Å². The zero-order valence-electron chi connectivity index (χ0n) is 15.9. The van der Waals surface area contributed by atoms with Crippen LogP contribution in [0.1, 0.15) is 36.8 Å². The Morgan fingerprint density at radius 2 is 1.82 bits per heavy atom. The molecule has 1 aromatic heterocycles. The predicted molar refractivity (Wildman–Crippen MR) is 106 cm³/mol. The highest BCUT2D eigenvalue weighted by Crippen LogP contribution is 2.25. The molecule has 0 aliphatic carbocycles. The van der Waals surface area contributed by atoms with E-state index in [1.165, 1.54) is 0 Å². The van der Waals surface area contributed by atoms with Gasteiger partial charge in [0.2, 0.25) is 0 Å². The number of hydrogen-bond acceptors (Lipinski definition) is 5. The summed E-state index contributed by atoms with van der Waals surface area (Å²) in [5, 5.41) is 22.5. The fraction of sp³-hybridized carbons (Fsp3) is 0.227. The van der Waals surface area contributed by atoms with Crippen LogP contribution in [-0.2, 0) is 0 Å². The number of nitriles is 1. The fourth-order valence-corrected chi connectivity index (χ4v) is 2.47. The Kier molecular flexibility index (Phi) is 5.30. The van der Waals surface area contributed by atoms with E-state index in [0.29, 0.717) is 22.6 Å². The van der Waals surface area contributed by atoms with E-state index in [4.69, 9.17) is 10.00 Å². The number of amides is 1. The summed E-state index contributed by atoms with van der Waals surface area (Å²) in [5.41, 5.74) is 0.127. The van der Waals surface area contributed by atoms with Crippen molar-refractivity contribution in [2.45, 2.75) is 26.5 Å². The minimum Gasteiger partial charge on any atom is -0.457 e. The number of rotatable bonds is 5. The van der Waals surface area contributed by atoms with Gasteiger partial charge in [0, 0.05) is 11.3 Å². The molecule has 0 fully saturated rings. The Morgan fingerprint density at radius 3 is 2.46 bits per heavy atom. The van der Waals surface area contributed by atoms with Crippen molar-refractivity contribution >= 4 is 16.8 Å². The first kappa shape index (κ1) is 19.3. The highest BCUT2D eigenvalue weighted by atomic mass is 16.5. The maximum atomic E-state index is 12.4. The molecule has 3 aromatic rings. The van der Waals surface area contributed by atoms with Crippen LogP contribution in [0.3, 0.4) is 0 Å². The van der Waals surface area contributed by atoms with Crippen molar-refractivity contribution in [3.05, 3.63) is 65.9 Å². The van der Waals surface area contributed by atoms with Gasteiger partial charge in [0.15, 0.2) is 0 Å². The van der Waals surface area contributed by atoms with E-state index in [9.17, 15) is 9.90 Å². The SMILES string of the molecule is CC(C)[C@@](C)(O)NC(=O)c1ccc2cc(Oc3ccc(C#N)cc3)ccc2n1. The Morgan fingerprint density at radius 1 is 1.14 bits per heavy atom. The lowest BCUT2D eigenvalue weighted by atomic mass is 10.0. The monoisotopic (exact) mass is 375 g/mol. The van der Waals surface area contributed by atoms with E-state index in [2.05, 4.69) is 16.4 Å². The van der Waals surface area contributed by atoms with E-state index in [0.717, 1.165) is 5.39 Å². The summed E-state index contributed by atoms with van der Waals surface area (Å²) >= 11 is 0. The topological polar surface area (TPSA) is 95.2 Å². The number of nitrogens with zero attached hydrogens (tertiary/aromatic N) is 2. The van der Waals surface area contributed by atoms with Crippen molar-refractivity contribution in [1.82, 2.24) is 10.3 Å². The number of fused-ring (bicyclic) bond motifs is 1. The van der Waals surface area contributed by atoms with Gasteiger partial charge in [-0.25, -0.2) is 4.98 Å². The van der Waals surface area contributed by atoms with E-state index in [-0.39, 0.29) is 11.6 Å². The largest absolute Gasteiger partial charge is 0.457 e. The van der Waals surface area contributed by atoms with E-state index < -0.39 is 11.6 Å². The smallest absolute Gasteiger partial charge is 0.272 e. The molecule has 0 aliphatic rings. The van der Waals surface area contributed by atoms with Gasteiger partial charge in [0.25, 0.3) is 5.91 Å². The van der Waals surface area contributed by atoms with Crippen molar-refractivity contribution in [3.63, 3.8) is 0 Å². The van der Waals surface area contributed by atoms with Gasteiger partial charge >= 0.3 is 0 Å². The van der Waals surface area contributed by atoms with Crippen LogP contribution in [0.5, 0.6) is 11.5 Å². The van der Waals surface area contributed by atoms with Crippen molar-refractivity contribution in [1.29, 1.82) is 5.26 Å². The van der Waals surface area contributed by atoms with Crippen LogP contribution in [0.4, 0.5) is 0 Å². The normalized spacial score (nSPS) is 13.0. The van der Waals surface area contributed by atoms with Gasteiger partial charge in [-0.15, -0.1) is 0 Å². The molecule has 6 nitrogen and oxygen atoms in total. The first-order valence-electron chi connectivity index (χ1n) is 8.92. The number of nitrogens with one attached hydrogen (secondary N) is 1. The number of aromatic nitrogens is 1. The van der Waals surface area contributed by atoms with Crippen LogP contribution < -0.4 is 10.1 Å². The molecule has 0 saturated heterocycles.